The fourth-order valence-electron chi connectivity index (χ4n) is 8.46. The molecule has 0 saturated carbocycles. The van der Waals surface area contributed by atoms with E-state index in [2.05, 4.69) is 36.0 Å². The molecule has 2 aromatic rings. The van der Waals surface area contributed by atoms with Crippen LogP contribution < -0.4 is 0 Å². The highest BCUT2D eigenvalue weighted by atomic mass is 79.9. The zero-order valence-electron chi connectivity index (χ0n) is 30.6. The third kappa shape index (κ3) is 7.24. The predicted octanol–water partition coefficient (Wildman–Crippen LogP) is 5.77. The highest BCUT2D eigenvalue weighted by molar-refractivity contribution is 9.09. The number of alkyl halides is 1. The molecule has 2 aromatic carbocycles. The molecule has 0 radical (unpaired) electrons. The van der Waals surface area contributed by atoms with Gasteiger partial charge in [-0.3, -0.25) is 19.2 Å². The van der Waals surface area contributed by atoms with Crippen LogP contribution in [0.1, 0.15) is 76.1 Å². The van der Waals surface area contributed by atoms with Crippen LogP contribution in [0, 0.1) is 11.8 Å². The highest BCUT2D eigenvalue weighted by Gasteiger charge is 2.78. The van der Waals surface area contributed by atoms with Gasteiger partial charge in [-0.1, -0.05) is 102 Å². The Balaban J connectivity index is 1.57. The molecule has 3 aliphatic rings. The molecule has 1 N–H and O–H groups in total. The average Bonchev–Trinajstić information content (AvgIpc) is 3.75. The second-order valence-electron chi connectivity index (χ2n) is 14.3. The Bertz CT molecular complexity index is 1610. The quantitative estimate of drug-likeness (QED) is 0.123. The Hall–Kier alpha value is -3.80. The Morgan fingerprint density at radius 1 is 1.08 bits per heavy atom. The van der Waals surface area contributed by atoms with Crippen molar-refractivity contribution in [2.75, 3.05) is 20.2 Å². The van der Waals surface area contributed by atoms with Crippen LogP contribution in [0.4, 0.5) is 0 Å². The Kier molecular flexibility index (Phi) is 12.8. The molecule has 2 unspecified atom stereocenters. The number of rotatable bonds is 17. The van der Waals surface area contributed by atoms with Crippen molar-refractivity contribution < 1.29 is 33.8 Å². The molecule has 3 aliphatic heterocycles. The summed E-state index contributed by atoms with van der Waals surface area (Å²) < 4.78 is 13.2. The summed E-state index contributed by atoms with van der Waals surface area (Å²) in [5.74, 6) is -3.60. The fraction of sp³-hybridized carbons (Fsp3) is 0.512. The van der Waals surface area contributed by atoms with Crippen molar-refractivity contribution in [2.24, 2.45) is 11.8 Å². The third-order valence-electron chi connectivity index (χ3n) is 11.1. The van der Waals surface area contributed by atoms with Crippen LogP contribution in [0.25, 0.3) is 0 Å². The summed E-state index contributed by atoms with van der Waals surface area (Å²) >= 11 is 3.76. The minimum absolute atomic E-state index is 0.118. The molecule has 3 heterocycles. The first-order valence-corrected chi connectivity index (χ1v) is 19.2. The number of allylic oxidation sites excluding steroid dienone is 1. The molecule has 10 nitrogen and oxygen atoms in total. The van der Waals surface area contributed by atoms with Crippen molar-refractivity contribution in [1.82, 2.24) is 14.7 Å². The molecule has 0 aromatic heterocycles. The Labute approximate surface area is 315 Å². The Morgan fingerprint density at radius 3 is 2.29 bits per heavy atom. The first-order valence-electron chi connectivity index (χ1n) is 18.3. The molecule has 280 valence electrons. The maximum atomic E-state index is 15.0. The van der Waals surface area contributed by atoms with E-state index in [1.54, 1.807) is 29.0 Å². The van der Waals surface area contributed by atoms with E-state index in [1.165, 1.54) is 4.90 Å². The van der Waals surface area contributed by atoms with Gasteiger partial charge in [-0.05, 0) is 44.2 Å². The van der Waals surface area contributed by atoms with E-state index in [0.29, 0.717) is 24.0 Å². The topological polar surface area (TPSA) is 117 Å². The monoisotopic (exact) mass is 777 g/mol. The summed E-state index contributed by atoms with van der Waals surface area (Å²) in [5, 5.41) is 10.9. The summed E-state index contributed by atoms with van der Waals surface area (Å²) in [6.07, 6.45) is 4.43. The van der Waals surface area contributed by atoms with Gasteiger partial charge in [-0.25, -0.2) is 0 Å². The molecule has 0 aliphatic carbocycles. The lowest BCUT2D eigenvalue weighted by Crippen LogP contribution is -2.58. The normalized spacial score (nSPS) is 26.9. The molecule has 11 heteroatoms. The number of halogens is 1. The minimum Gasteiger partial charge on any atom is -0.455 e. The van der Waals surface area contributed by atoms with Crippen LogP contribution in [0.2, 0.25) is 0 Å². The number of esters is 1. The highest BCUT2D eigenvalue weighted by Crippen LogP contribution is 2.61. The maximum absolute atomic E-state index is 15.0. The van der Waals surface area contributed by atoms with E-state index >= 15 is 4.79 Å². The maximum Gasteiger partial charge on any atom is 0.313 e. The van der Waals surface area contributed by atoms with Crippen LogP contribution in [-0.4, -0.2) is 98.4 Å². The second kappa shape index (κ2) is 16.9. The number of likely N-dealkylation sites (N-methyl/N-ethyl adjacent to an activating group) is 1. The number of carbonyl (C=O) groups excluding carboxylic acids is 4. The van der Waals surface area contributed by atoms with Gasteiger partial charge in [0, 0.05) is 30.9 Å². The van der Waals surface area contributed by atoms with Gasteiger partial charge >= 0.3 is 5.97 Å². The number of aliphatic hydroxyl groups is 1. The van der Waals surface area contributed by atoms with Crippen LogP contribution in [0.3, 0.4) is 0 Å². The molecular weight excluding hydrogens is 726 g/mol. The first kappa shape index (κ1) is 39.4. The Morgan fingerprint density at radius 2 is 1.71 bits per heavy atom. The number of nitrogens with zero attached hydrogens (tertiary/aromatic N) is 3. The van der Waals surface area contributed by atoms with Crippen LogP contribution in [-0.2, 0) is 28.7 Å². The van der Waals surface area contributed by atoms with Crippen molar-refractivity contribution in [3.8, 4) is 0 Å². The minimum atomic E-state index is -1.37. The molecular formula is C41H52BrN3O7. The zero-order chi connectivity index (χ0) is 37.7. The van der Waals surface area contributed by atoms with E-state index in [0.717, 1.165) is 12.8 Å². The van der Waals surface area contributed by atoms with Gasteiger partial charge in [0.25, 0.3) is 0 Å². The van der Waals surface area contributed by atoms with E-state index in [9.17, 15) is 19.5 Å². The molecule has 3 amide bonds. The van der Waals surface area contributed by atoms with Crippen LogP contribution in [0.5, 0.6) is 0 Å². The summed E-state index contributed by atoms with van der Waals surface area (Å²) in [4.78, 5) is 62.2. The van der Waals surface area contributed by atoms with Crippen LogP contribution >= 0.6 is 15.9 Å². The predicted molar refractivity (Wildman–Crippen MR) is 202 cm³/mol. The van der Waals surface area contributed by atoms with E-state index in [-0.39, 0.29) is 35.6 Å². The lowest BCUT2D eigenvalue weighted by molar-refractivity contribution is -0.165. The molecule has 10 atom stereocenters. The van der Waals surface area contributed by atoms with Gasteiger partial charge in [-0.2, -0.15) is 0 Å². The van der Waals surface area contributed by atoms with Crippen molar-refractivity contribution in [3.63, 3.8) is 0 Å². The van der Waals surface area contributed by atoms with Crippen molar-refractivity contribution in [1.29, 1.82) is 0 Å². The van der Waals surface area contributed by atoms with E-state index in [1.807, 2.05) is 74.5 Å². The standard InChI is InChI=1S/C41H52BrN3O7/c1-7-10-22-32(47)43(6)27(5)35(29-20-15-12-16-21-29)51-40(50)33-34-38(48)45(31(25-46)28-18-13-11-14-19-28)37(41(34)24-30(42)36(33)52-41)39(49)44(23-9-3)26(4)17-8-2/h7,9,11-16,18-21,26-27,30-31,33-37,46H,1,3,8,10,17,22-25H2,2,4-6H3/t26?,27-,30?,31+,33+,34-,35+,36+,37+,41-/m0/s1. The van der Waals surface area contributed by atoms with E-state index < -0.39 is 66.3 Å². The number of amides is 3. The number of fused-ring (bicyclic) bond motifs is 1. The molecule has 1 spiro atoms. The molecule has 52 heavy (non-hydrogen) atoms. The number of ether oxygens (including phenoxy) is 2. The number of hydrogen-bond donors (Lipinski definition) is 1. The fourth-order valence-corrected chi connectivity index (χ4v) is 9.40. The summed E-state index contributed by atoms with van der Waals surface area (Å²) in [7, 11) is 1.69. The lowest BCUT2D eigenvalue weighted by Gasteiger charge is -2.41. The molecule has 3 saturated heterocycles. The second-order valence-corrected chi connectivity index (χ2v) is 15.5. The lowest BCUT2D eigenvalue weighted by atomic mass is 9.70. The average molecular weight is 779 g/mol. The van der Waals surface area contributed by atoms with Crippen LogP contribution in [0.15, 0.2) is 86.0 Å². The number of carbonyl (C=O) groups is 4. The number of aliphatic hydroxyl groups excluding tert-OH is 1. The molecule has 5 rings (SSSR count). The number of benzene rings is 2. The van der Waals surface area contributed by atoms with Gasteiger partial charge in [0.1, 0.15) is 17.7 Å². The van der Waals surface area contributed by atoms with Gasteiger partial charge in [0.2, 0.25) is 17.7 Å². The molecule has 3 fully saturated rings. The summed E-state index contributed by atoms with van der Waals surface area (Å²) in [6, 6.07) is 15.7. The first-order chi connectivity index (χ1) is 25.0. The van der Waals surface area contributed by atoms with Gasteiger partial charge < -0.3 is 29.3 Å². The SMILES string of the molecule is C=CCCC(=O)N(C)[C@@H](C)[C@@H](OC(=O)[C@H]1[C@@H]2O[C@@]3(CC2Br)[C@@H]1C(=O)N([C@H](CO)c1ccccc1)[C@@H]3C(=O)N(CC=C)C(C)CCC)c1ccccc1. The number of likely N-dealkylation sites (tertiary alicyclic amines) is 1. The summed E-state index contributed by atoms with van der Waals surface area (Å²) in [6.45, 7) is 13.3. The largest absolute Gasteiger partial charge is 0.455 e. The van der Waals surface area contributed by atoms with Gasteiger partial charge in [0.15, 0.2) is 0 Å². The van der Waals surface area contributed by atoms with Gasteiger partial charge in [0.05, 0.1) is 36.6 Å². The molecule has 2 bridgehead atoms. The number of hydrogen-bond acceptors (Lipinski definition) is 7. The van der Waals surface area contributed by atoms with Crippen molar-refractivity contribution >= 4 is 39.6 Å². The zero-order valence-corrected chi connectivity index (χ0v) is 32.2. The van der Waals surface area contributed by atoms with E-state index in [4.69, 9.17) is 9.47 Å². The smallest absolute Gasteiger partial charge is 0.313 e. The third-order valence-corrected chi connectivity index (χ3v) is 12.0. The van der Waals surface area contributed by atoms with Crippen molar-refractivity contribution in [2.45, 2.75) is 99.7 Å². The summed E-state index contributed by atoms with van der Waals surface area (Å²) in [5.41, 5.74) is -0.00597. The van der Waals surface area contributed by atoms with Crippen molar-refractivity contribution in [3.05, 3.63) is 97.1 Å². The van der Waals surface area contributed by atoms with Gasteiger partial charge in [-0.15, -0.1) is 13.2 Å².